The standard InChI is InChI=1S/C36H36N2O5S/c1-3-21-36(35(40)37-25-28-11-7-8-16-32(28)44-31-14-5-4-6-15-31)33(27-12-9-13-30(24-27)41-2)43-34(38-36)26-17-19-29(20-18-26)42-23-10-22-39/h3-9,11-20,24,33,39H,1,10,21-23,25H2,2H3,(H,37,40)/t33-,36-/m1/s1. The van der Waals surface area contributed by atoms with E-state index in [1.165, 1.54) is 0 Å². The predicted octanol–water partition coefficient (Wildman–Crippen LogP) is 6.76. The van der Waals surface area contributed by atoms with E-state index >= 15 is 0 Å². The van der Waals surface area contributed by atoms with E-state index in [2.05, 4.69) is 30.1 Å². The van der Waals surface area contributed by atoms with Gasteiger partial charge in [0, 0.05) is 41.3 Å². The molecule has 1 heterocycles. The first kappa shape index (κ1) is 30.9. The number of hydrogen-bond donors (Lipinski definition) is 2. The Bertz CT molecular complexity index is 1590. The number of rotatable bonds is 14. The second-order valence-corrected chi connectivity index (χ2v) is 11.4. The van der Waals surface area contributed by atoms with Crippen molar-refractivity contribution in [3.8, 4) is 11.5 Å². The van der Waals surface area contributed by atoms with Gasteiger partial charge >= 0.3 is 0 Å². The molecule has 0 unspecified atom stereocenters. The summed E-state index contributed by atoms with van der Waals surface area (Å²) >= 11 is 1.66. The molecule has 1 amide bonds. The number of ether oxygens (including phenoxy) is 3. The summed E-state index contributed by atoms with van der Waals surface area (Å²) in [7, 11) is 1.61. The van der Waals surface area contributed by atoms with Crippen LogP contribution in [0.3, 0.4) is 0 Å². The van der Waals surface area contributed by atoms with Crippen LogP contribution in [0.4, 0.5) is 0 Å². The van der Waals surface area contributed by atoms with Crippen molar-refractivity contribution in [1.29, 1.82) is 0 Å². The lowest BCUT2D eigenvalue weighted by atomic mass is 9.84. The minimum atomic E-state index is -1.30. The molecule has 0 saturated carbocycles. The van der Waals surface area contributed by atoms with Crippen molar-refractivity contribution >= 4 is 23.6 Å². The fraction of sp³-hybridized carbons (Fsp3) is 0.222. The molecule has 8 heteroatoms. The molecule has 4 aromatic rings. The Morgan fingerprint density at radius 2 is 1.80 bits per heavy atom. The van der Waals surface area contributed by atoms with Crippen molar-refractivity contribution in [2.24, 2.45) is 4.99 Å². The smallest absolute Gasteiger partial charge is 0.252 e. The van der Waals surface area contributed by atoms with Gasteiger partial charge in [-0.3, -0.25) is 4.79 Å². The number of nitrogens with one attached hydrogen (secondary N) is 1. The lowest BCUT2D eigenvalue weighted by Crippen LogP contribution is -2.47. The topological polar surface area (TPSA) is 89.4 Å². The summed E-state index contributed by atoms with van der Waals surface area (Å²) in [5, 5.41) is 12.2. The summed E-state index contributed by atoms with van der Waals surface area (Å²) in [5.41, 5.74) is 1.18. The third kappa shape index (κ3) is 7.15. The number of aliphatic hydroxyl groups excluding tert-OH is 1. The Labute approximate surface area is 262 Å². The number of amides is 1. The Morgan fingerprint density at radius 3 is 2.55 bits per heavy atom. The van der Waals surface area contributed by atoms with E-state index in [9.17, 15) is 4.79 Å². The van der Waals surface area contributed by atoms with E-state index in [0.29, 0.717) is 37.0 Å². The van der Waals surface area contributed by atoms with Gasteiger partial charge in [-0.2, -0.15) is 0 Å². The van der Waals surface area contributed by atoms with Crippen LogP contribution in [0.2, 0.25) is 0 Å². The maximum absolute atomic E-state index is 14.3. The van der Waals surface area contributed by atoms with Crippen molar-refractivity contribution in [2.45, 2.75) is 40.8 Å². The Balaban J connectivity index is 1.45. The minimum absolute atomic E-state index is 0.0687. The van der Waals surface area contributed by atoms with Crippen molar-refractivity contribution in [3.05, 3.63) is 132 Å². The van der Waals surface area contributed by atoms with Crippen molar-refractivity contribution in [2.75, 3.05) is 20.3 Å². The normalized spacial score (nSPS) is 17.3. The lowest BCUT2D eigenvalue weighted by Gasteiger charge is -2.30. The first-order chi connectivity index (χ1) is 21.6. The van der Waals surface area contributed by atoms with Crippen molar-refractivity contribution in [1.82, 2.24) is 5.32 Å². The fourth-order valence-corrected chi connectivity index (χ4v) is 6.00. The molecule has 0 aliphatic carbocycles. The average molecular weight is 609 g/mol. The van der Waals surface area contributed by atoms with Crippen LogP contribution in [0.15, 0.2) is 131 Å². The second kappa shape index (κ2) is 14.8. The molecule has 2 atom stereocenters. The number of aliphatic hydroxyl groups is 1. The van der Waals surface area contributed by atoms with Crippen LogP contribution in [-0.2, 0) is 16.1 Å². The Hall–Kier alpha value is -4.53. The van der Waals surface area contributed by atoms with Gasteiger partial charge in [0.1, 0.15) is 11.5 Å². The molecular formula is C36H36N2O5S. The van der Waals surface area contributed by atoms with Gasteiger partial charge in [0.25, 0.3) is 5.91 Å². The molecule has 1 aliphatic heterocycles. The molecule has 0 spiro atoms. The van der Waals surface area contributed by atoms with Crippen LogP contribution < -0.4 is 14.8 Å². The summed E-state index contributed by atoms with van der Waals surface area (Å²) in [6, 6.07) is 33.1. The van der Waals surface area contributed by atoms with E-state index in [0.717, 1.165) is 26.5 Å². The molecule has 44 heavy (non-hydrogen) atoms. The molecule has 0 aromatic heterocycles. The summed E-state index contributed by atoms with van der Waals surface area (Å²) in [4.78, 5) is 21.5. The number of nitrogens with zero attached hydrogens (tertiary/aromatic N) is 1. The highest BCUT2D eigenvalue weighted by molar-refractivity contribution is 7.99. The molecule has 226 valence electrons. The van der Waals surface area contributed by atoms with Crippen LogP contribution in [0.5, 0.6) is 11.5 Å². The zero-order valence-corrected chi connectivity index (χ0v) is 25.5. The number of methoxy groups -OCH3 is 1. The SMILES string of the molecule is C=CC[C@@]1(C(=O)NCc2ccccc2Sc2ccccc2)N=C(c2ccc(OCCCO)cc2)O[C@@H]1c1cccc(OC)c1. The quantitative estimate of drug-likeness (QED) is 0.122. The monoisotopic (exact) mass is 608 g/mol. The molecule has 1 aliphatic rings. The number of aliphatic imine (C=N–C) groups is 1. The molecule has 5 rings (SSSR count). The molecule has 2 N–H and O–H groups in total. The van der Waals surface area contributed by atoms with E-state index in [4.69, 9.17) is 24.3 Å². The number of benzene rings is 4. The van der Waals surface area contributed by atoms with Gasteiger partial charge in [-0.15, -0.1) is 6.58 Å². The summed E-state index contributed by atoms with van der Waals surface area (Å²) in [6.45, 7) is 4.78. The van der Waals surface area contributed by atoms with Gasteiger partial charge in [0.05, 0.1) is 13.7 Å². The van der Waals surface area contributed by atoms with E-state index in [-0.39, 0.29) is 18.9 Å². The molecule has 0 fully saturated rings. The first-order valence-electron chi connectivity index (χ1n) is 14.5. The maximum atomic E-state index is 14.3. The zero-order valence-electron chi connectivity index (χ0n) is 24.6. The van der Waals surface area contributed by atoms with Crippen LogP contribution in [0.25, 0.3) is 0 Å². The molecular weight excluding hydrogens is 572 g/mol. The van der Waals surface area contributed by atoms with Gasteiger partial charge in [-0.1, -0.05) is 66.4 Å². The highest BCUT2D eigenvalue weighted by atomic mass is 32.2. The van der Waals surface area contributed by atoms with E-state index in [1.807, 2.05) is 84.9 Å². The third-order valence-electron chi connectivity index (χ3n) is 7.27. The van der Waals surface area contributed by atoms with Crippen LogP contribution in [0.1, 0.15) is 35.6 Å². The molecule has 0 saturated heterocycles. The van der Waals surface area contributed by atoms with Crippen molar-refractivity contribution in [3.63, 3.8) is 0 Å². The predicted molar refractivity (Wildman–Crippen MR) is 173 cm³/mol. The van der Waals surface area contributed by atoms with E-state index < -0.39 is 11.6 Å². The fourth-order valence-electron chi connectivity index (χ4n) is 5.03. The number of carbonyl (C=O) groups is 1. The Morgan fingerprint density at radius 1 is 1.02 bits per heavy atom. The highest BCUT2D eigenvalue weighted by Gasteiger charge is 2.52. The summed E-state index contributed by atoms with van der Waals surface area (Å²) in [6.07, 6.45) is 1.79. The van der Waals surface area contributed by atoms with Gasteiger partial charge in [-0.05, 0) is 65.7 Å². The zero-order chi connectivity index (χ0) is 30.8. The maximum Gasteiger partial charge on any atom is 0.252 e. The van der Waals surface area contributed by atoms with Gasteiger partial charge < -0.3 is 24.6 Å². The van der Waals surface area contributed by atoms with Gasteiger partial charge in [0.2, 0.25) is 5.90 Å². The Kier molecular flexibility index (Phi) is 10.4. The van der Waals surface area contributed by atoms with Crippen LogP contribution >= 0.6 is 11.8 Å². The van der Waals surface area contributed by atoms with Crippen LogP contribution in [-0.4, -0.2) is 42.8 Å². The third-order valence-corrected chi connectivity index (χ3v) is 8.39. The molecule has 7 nitrogen and oxygen atoms in total. The van der Waals surface area contributed by atoms with Gasteiger partial charge in [0.15, 0.2) is 11.6 Å². The highest BCUT2D eigenvalue weighted by Crippen LogP contribution is 2.43. The first-order valence-corrected chi connectivity index (χ1v) is 15.3. The molecule has 0 radical (unpaired) electrons. The van der Waals surface area contributed by atoms with Gasteiger partial charge in [-0.25, -0.2) is 4.99 Å². The minimum Gasteiger partial charge on any atom is -0.497 e. The summed E-state index contributed by atoms with van der Waals surface area (Å²) in [5.74, 6) is 1.43. The lowest BCUT2D eigenvalue weighted by molar-refractivity contribution is -0.129. The largest absolute Gasteiger partial charge is 0.497 e. The van der Waals surface area contributed by atoms with Crippen molar-refractivity contribution < 1.29 is 24.1 Å². The second-order valence-electron chi connectivity index (χ2n) is 10.3. The van der Waals surface area contributed by atoms with Crippen LogP contribution in [0, 0.1) is 0 Å². The number of carbonyl (C=O) groups excluding carboxylic acids is 1. The van der Waals surface area contributed by atoms with E-state index in [1.54, 1.807) is 24.9 Å². The summed E-state index contributed by atoms with van der Waals surface area (Å²) < 4.78 is 17.7. The molecule has 0 bridgehead atoms. The molecule has 4 aromatic carbocycles. The number of hydrogen-bond acceptors (Lipinski definition) is 7. The average Bonchev–Trinajstić information content (AvgIpc) is 3.46.